The van der Waals surface area contributed by atoms with E-state index in [1.807, 2.05) is 6.92 Å². The van der Waals surface area contributed by atoms with E-state index in [-0.39, 0.29) is 5.97 Å². The van der Waals surface area contributed by atoms with Crippen LogP contribution in [-0.4, -0.2) is 12.6 Å². The van der Waals surface area contributed by atoms with E-state index >= 15 is 0 Å². The van der Waals surface area contributed by atoms with E-state index in [4.69, 9.17) is 4.74 Å². The third kappa shape index (κ3) is 3.51. The lowest BCUT2D eigenvalue weighted by Gasteiger charge is -2.28. The van der Waals surface area contributed by atoms with Crippen molar-refractivity contribution in [2.45, 2.75) is 40.0 Å². The van der Waals surface area contributed by atoms with Crippen LogP contribution in [0.2, 0.25) is 0 Å². The number of ether oxygens (including phenoxy) is 1. The van der Waals surface area contributed by atoms with Crippen molar-refractivity contribution in [2.24, 2.45) is 11.8 Å². The number of hydrogen-bond acceptors (Lipinski definition) is 2. The molecule has 0 saturated heterocycles. The molecule has 1 rings (SSSR count). The van der Waals surface area contributed by atoms with Gasteiger partial charge in [-0.05, 0) is 45.4 Å². The molecule has 2 heteroatoms. The topological polar surface area (TPSA) is 26.3 Å². The Morgan fingerprint density at radius 3 is 2.88 bits per heavy atom. The van der Waals surface area contributed by atoms with Crippen LogP contribution in [0.25, 0.3) is 0 Å². The van der Waals surface area contributed by atoms with Crippen molar-refractivity contribution in [1.82, 2.24) is 0 Å². The van der Waals surface area contributed by atoms with Crippen LogP contribution < -0.4 is 0 Å². The van der Waals surface area contributed by atoms with Crippen LogP contribution in [0.1, 0.15) is 40.0 Å². The highest BCUT2D eigenvalue weighted by Crippen LogP contribution is 2.34. The molecule has 0 fully saturated rings. The minimum atomic E-state index is -0.0809. The Morgan fingerprint density at radius 1 is 1.62 bits per heavy atom. The zero-order valence-electron chi connectivity index (χ0n) is 10.6. The normalized spacial score (nSPS) is 24.8. The lowest BCUT2D eigenvalue weighted by atomic mass is 9.77. The highest BCUT2D eigenvalue weighted by molar-refractivity contribution is 5.70. The Labute approximate surface area is 98.4 Å². The summed E-state index contributed by atoms with van der Waals surface area (Å²) in [5.74, 6) is 0.792. The molecule has 2 nitrogen and oxygen atoms in total. The summed E-state index contributed by atoms with van der Waals surface area (Å²) in [6.45, 7) is 10.5. The van der Waals surface area contributed by atoms with E-state index in [1.165, 1.54) is 11.1 Å². The minimum Gasteiger partial charge on any atom is -0.466 e. The second kappa shape index (κ2) is 5.88. The van der Waals surface area contributed by atoms with E-state index in [2.05, 4.69) is 26.5 Å². The largest absolute Gasteiger partial charge is 0.466 e. The predicted molar refractivity (Wildman–Crippen MR) is 66.0 cm³/mol. The maximum atomic E-state index is 11.5. The summed E-state index contributed by atoms with van der Waals surface area (Å²) in [4.78, 5) is 11.5. The van der Waals surface area contributed by atoms with Crippen LogP contribution in [0.15, 0.2) is 23.8 Å². The van der Waals surface area contributed by atoms with Gasteiger partial charge in [0.05, 0.1) is 13.0 Å². The van der Waals surface area contributed by atoms with Gasteiger partial charge in [0, 0.05) is 0 Å². The second-order valence-corrected chi connectivity index (χ2v) is 4.67. The van der Waals surface area contributed by atoms with Crippen molar-refractivity contribution in [3.05, 3.63) is 23.8 Å². The maximum absolute atomic E-state index is 11.5. The van der Waals surface area contributed by atoms with Crippen LogP contribution in [0, 0.1) is 11.8 Å². The lowest BCUT2D eigenvalue weighted by Crippen LogP contribution is -2.19. The zero-order chi connectivity index (χ0) is 12.1. The highest BCUT2D eigenvalue weighted by atomic mass is 16.5. The molecule has 0 aromatic rings. The third-order valence-electron chi connectivity index (χ3n) is 3.35. The first-order valence-corrected chi connectivity index (χ1v) is 6.02. The van der Waals surface area contributed by atoms with E-state index in [0.29, 0.717) is 24.9 Å². The van der Waals surface area contributed by atoms with Gasteiger partial charge in [0.15, 0.2) is 0 Å². The predicted octanol–water partition coefficient (Wildman–Crippen LogP) is 3.49. The Morgan fingerprint density at radius 2 is 2.31 bits per heavy atom. The summed E-state index contributed by atoms with van der Waals surface area (Å²) >= 11 is 0. The first-order valence-electron chi connectivity index (χ1n) is 6.02. The molecule has 0 spiro atoms. The van der Waals surface area contributed by atoms with Gasteiger partial charge in [0.1, 0.15) is 0 Å². The Kier molecular flexibility index (Phi) is 4.78. The van der Waals surface area contributed by atoms with Gasteiger partial charge in [0.2, 0.25) is 0 Å². The van der Waals surface area contributed by atoms with Gasteiger partial charge in [-0.2, -0.15) is 0 Å². The second-order valence-electron chi connectivity index (χ2n) is 4.67. The Hall–Kier alpha value is -1.05. The Bertz CT molecular complexity index is 302. The fourth-order valence-electron chi connectivity index (χ4n) is 2.19. The molecular weight excluding hydrogens is 200 g/mol. The molecule has 1 aliphatic carbocycles. The molecule has 2 atom stereocenters. The molecule has 0 radical (unpaired) electrons. The first-order chi connectivity index (χ1) is 7.54. The Balaban J connectivity index is 2.58. The van der Waals surface area contributed by atoms with E-state index in [0.717, 1.165) is 12.8 Å². The molecule has 16 heavy (non-hydrogen) atoms. The van der Waals surface area contributed by atoms with Gasteiger partial charge in [-0.25, -0.2) is 0 Å². The average molecular weight is 222 g/mol. The molecule has 2 unspecified atom stereocenters. The van der Waals surface area contributed by atoms with Crippen molar-refractivity contribution >= 4 is 5.97 Å². The molecule has 0 saturated carbocycles. The van der Waals surface area contributed by atoms with Crippen LogP contribution in [0.3, 0.4) is 0 Å². The summed E-state index contributed by atoms with van der Waals surface area (Å²) in [7, 11) is 0. The van der Waals surface area contributed by atoms with Crippen LogP contribution in [0.4, 0.5) is 0 Å². The summed E-state index contributed by atoms with van der Waals surface area (Å²) in [6.07, 6.45) is 4.86. The lowest BCUT2D eigenvalue weighted by molar-refractivity contribution is -0.144. The number of esters is 1. The molecule has 0 amide bonds. The molecule has 1 aliphatic rings. The standard InChI is InChI=1S/C14H22O2/c1-5-16-14(15)9-13-8-12(10(2)3)7-6-11(13)4/h6,12-13H,2,5,7-9H2,1,3-4H3. The van der Waals surface area contributed by atoms with Gasteiger partial charge < -0.3 is 4.74 Å². The molecule has 0 N–H and O–H groups in total. The van der Waals surface area contributed by atoms with Crippen LogP contribution in [-0.2, 0) is 9.53 Å². The molecule has 0 aliphatic heterocycles. The first kappa shape index (κ1) is 13.0. The smallest absolute Gasteiger partial charge is 0.306 e. The van der Waals surface area contributed by atoms with Crippen molar-refractivity contribution in [2.75, 3.05) is 6.61 Å². The SMILES string of the molecule is C=C(C)C1CC=C(C)C(CC(=O)OCC)C1. The average Bonchev–Trinajstić information content (AvgIpc) is 2.21. The van der Waals surface area contributed by atoms with E-state index in [1.54, 1.807) is 0 Å². The van der Waals surface area contributed by atoms with Gasteiger partial charge >= 0.3 is 5.97 Å². The summed E-state index contributed by atoms with van der Waals surface area (Å²) in [6, 6.07) is 0. The summed E-state index contributed by atoms with van der Waals surface area (Å²) in [5, 5.41) is 0. The van der Waals surface area contributed by atoms with Crippen molar-refractivity contribution in [3.63, 3.8) is 0 Å². The summed E-state index contributed by atoms with van der Waals surface area (Å²) in [5.41, 5.74) is 2.54. The number of carbonyl (C=O) groups excluding carboxylic acids is 1. The van der Waals surface area contributed by atoms with Crippen molar-refractivity contribution in [3.8, 4) is 0 Å². The molecule has 0 aromatic carbocycles. The number of carbonyl (C=O) groups is 1. The monoisotopic (exact) mass is 222 g/mol. The minimum absolute atomic E-state index is 0.0809. The van der Waals surface area contributed by atoms with Crippen molar-refractivity contribution in [1.29, 1.82) is 0 Å². The molecule has 0 heterocycles. The molecular formula is C14H22O2. The van der Waals surface area contributed by atoms with E-state index < -0.39 is 0 Å². The number of allylic oxidation sites excluding steroid dienone is 3. The molecule has 0 bridgehead atoms. The van der Waals surface area contributed by atoms with Gasteiger partial charge in [-0.15, -0.1) is 0 Å². The third-order valence-corrected chi connectivity index (χ3v) is 3.35. The van der Waals surface area contributed by atoms with E-state index in [9.17, 15) is 4.79 Å². The fraction of sp³-hybridized carbons (Fsp3) is 0.643. The highest BCUT2D eigenvalue weighted by Gasteiger charge is 2.24. The zero-order valence-corrected chi connectivity index (χ0v) is 10.6. The molecule has 0 aromatic heterocycles. The fourth-order valence-corrected chi connectivity index (χ4v) is 2.19. The van der Waals surface area contributed by atoms with Crippen LogP contribution >= 0.6 is 0 Å². The van der Waals surface area contributed by atoms with Gasteiger partial charge in [-0.3, -0.25) is 4.79 Å². The number of hydrogen-bond donors (Lipinski definition) is 0. The van der Waals surface area contributed by atoms with Crippen molar-refractivity contribution < 1.29 is 9.53 Å². The maximum Gasteiger partial charge on any atom is 0.306 e. The summed E-state index contributed by atoms with van der Waals surface area (Å²) < 4.78 is 5.00. The van der Waals surface area contributed by atoms with Gasteiger partial charge in [0.25, 0.3) is 0 Å². The molecule has 90 valence electrons. The van der Waals surface area contributed by atoms with Crippen LogP contribution in [0.5, 0.6) is 0 Å². The van der Waals surface area contributed by atoms with Gasteiger partial charge in [-0.1, -0.05) is 23.8 Å². The number of rotatable bonds is 4. The quantitative estimate of drug-likeness (QED) is 0.537.